The van der Waals surface area contributed by atoms with E-state index in [4.69, 9.17) is 22.1 Å². The summed E-state index contributed by atoms with van der Waals surface area (Å²) in [4.78, 5) is 18.5. The minimum absolute atomic E-state index is 0.229. The van der Waals surface area contributed by atoms with E-state index < -0.39 is 0 Å². The van der Waals surface area contributed by atoms with Crippen LogP contribution in [0.1, 0.15) is 20.9 Å². The predicted octanol–water partition coefficient (Wildman–Crippen LogP) is 3.74. The van der Waals surface area contributed by atoms with Crippen LogP contribution in [0.2, 0.25) is 5.02 Å². The Balaban J connectivity index is 1.71. The summed E-state index contributed by atoms with van der Waals surface area (Å²) in [5.41, 5.74) is 9.91. The van der Waals surface area contributed by atoms with E-state index in [2.05, 4.69) is 10.3 Å². The van der Waals surface area contributed by atoms with Gasteiger partial charge in [0.25, 0.3) is 5.91 Å². The highest BCUT2D eigenvalue weighted by atomic mass is 35.5. The van der Waals surface area contributed by atoms with E-state index in [9.17, 15) is 4.79 Å². The number of anilines is 2. The van der Waals surface area contributed by atoms with Crippen LogP contribution < -0.4 is 15.8 Å². The lowest BCUT2D eigenvalue weighted by atomic mass is 10.0. The zero-order valence-corrected chi connectivity index (χ0v) is 15.9. The molecular formula is C18H17ClN4O2S. The standard InChI is InChI=1S/C18H17ClN4O2S/c1-23-12(17(24)21-11-8-10(19)4-5-13(11)25-2)7-9-3-6-14-15(16(9)23)22-18(20)26-14/h4-5,7-8H,3,6H2,1-2H3,(H2,20,22)(H,21,24). The van der Waals surface area contributed by atoms with Crippen molar-refractivity contribution in [2.24, 2.45) is 7.05 Å². The number of ether oxygens (including phenoxy) is 1. The zero-order valence-electron chi connectivity index (χ0n) is 14.3. The monoisotopic (exact) mass is 388 g/mol. The molecule has 1 aliphatic carbocycles. The Morgan fingerprint density at radius 3 is 2.96 bits per heavy atom. The fourth-order valence-electron chi connectivity index (χ4n) is 3.32. The van der Waals surface area contributed by atoms with Gasteiger partial charge in [-0.15, -0.1) is 11.3 Å². The molecule has 2 heterocycles. The Kier molecular flexibility index (Phi) is 4.13. The number of nitrogens with one attached hydrogen (secondary N) is 1. The molecule has 0 aliphatic heterocycles. The summed E-state index contributed by atoms with van der Waals surface area (Å²) in [6, 6.07) is 7.02. The van der Waals surface area contributed by atoms with Crippen LogP contribution in [0.25, 0.3) is 11.4 Å². The number of carbonyl (C=O) groups excluding carboxylic acids is 1. The molecule has 1 aromatic carbocycles. The number of rotatable bonds is 3. The largest absolute Gasteiger partial charge is 0.495 e. The second kappa shape index (κ2) is 6.34. The summed E-state index contributed by atoms with van der Waals surface area (Å²) in [7, 11) is 3.42. The van der Waals surface area contributed by atoms with E-state index in [1.54, 1.807) is 25.3 Å². The van der Waals surface area contributed by atoms with Crippen molar-refractivity contribution in [3.05, 3.63) is 45.4 Å². The lowest BCUT2D eigenvalue weighted by Gasteiger charge is -2.13. The minimum Gasteiger partial charge on any atom is -0.495 e. The van der Waals surface area contributed by atoms with Crippen LogP contribution in [0.3, 0.4) is 0 Å². The van der Waals surface area contributed by atoms with Crippen LogP contribution in [0.4, 0.5) is 10.8 Å². The second-order valence-corrected chi connectivity index (χ2v) is 7.64. The fraction of sp³-hybridized carbons (Fsp3) is 0.222. The van der Waals surface area contributed by atoms with Gasteiger partial charge in [0.2, 0.25) is 0 Å². The van der Waals surface area contributed by atoms with Crippen LogP contribution in [0, 0.1) is 0 Å². The number of methoxy groups -OCH3 is 1. The zero-order chi connectivity index (χ0) is 18.4. The number of hydrogen-bond donors (Lipinski definition) is 2. The van der Waals surface area contributed by atoms with Gasteiger partial charge in [0.15, 0.2) is 5.13 Å². The van der Waals surface area contributed by atoms with Gasteiger partial charge in [-0.2, -0.15) is 0 Å². The molecular weight excluding hydrogens is 372 g/mol. The normalized spacial score (nSPS) is 12.4. The first-order valence-electron chi connectivity index (χ1n) is 8.07. The Morgan fingerprint density at radius 1 is 1.38 bits per heavy atom. The van der Waals surface area contributed by atoms with Gasteiger partial charge < -0.3 is 20.4 Å². The molecule has 1 amide bonds. The number of nitrogens with two attached hydrogens (primary N) is 1. The molecule has 6 nitrogen and oxygen atoms in total. The fourth-order valence-corrected chi connectivity index (χ4v) is 4.33. The summed E-state index contributed by atoms with van der Waals surface area (Å²) in [6.45, 7) is 0. The first-order chi connectivity index (χ1) is 12.5. The van der Waals surface area contributed by atoms with Crippen molar-refractivity contribution in [3.63, 3.8) is 0 Å². The molecule has 26 heavy (non-hydrogen) atoms. The van der Waals surface area contributed by atoms with Gasteiger partial charge in [0, 0.05) is 16.9 Å². The minimum atomic E-state index is -0.229. The molecule has 0 atom stereocenters. The number of benzene rings is 1. The van der Waals surface area contributed by atoms with E-state index >= 15 is 0 Å². The van der Waals surface area contributed by atoms with E-state index in [1.807, 2.05) is 17.7 Å². The number of halogens is 1. The Morgan fingerprint density at radius 2 is 2.19 bits per heavy atom. The molecule has 8 heteroatoms. The number of aryl methyl sites for hydroxylation is 2. The quantitative estimate of drug-likeness (QED) is 0.716. The van der Waals surface area contributed by atoms with Crippen LogP contribution in [-0.2, 0) is 19.9 Å². The molecule has 0 saturated heterocycles. The van der Waals surface area contributed by atoms with Crippen molar-refractivity contribution >= 4 is 39.7 Å². The molecule has 134 valence electrons. The topological polar surface area (TPSA) is 82.2 Å². The number of amides is 1. The van der Waals surface area contributed by atoms with E-state index in [0.717, 1.165) is 29.8 Å². The highest BCUT2D eigenvalue weighted by Crippen LogP contribution is 2.38. The van der Waals surface area contributed by atoms with Crippen molar-refractivity contribution in [1.29, 1.82) is 0 Å². The third kappa shape index (κ3) is 2.73. The third-order valence-electron chi connectivity index (χ3n) is 4.51. The van der Waals surface area contributed by atoms with Crippen LogP contribution in [0.5, 0.6) is 5.75 Å². The van der Waals surface area contributed by atoms with Crippen LogP contribution in [0.15, 0.2) is 24.3 Å². The predicted molar refractivity (Wildman–Crippen MR) is 104 cm³/mol. The SMILES string of the molecule is COc1ccc(Cl)cc1NC(=O)c1cc2c(n1C)-c1nc(N)sc1CC2. The van der Waals surface area contributed by atoms with Crippen molar-refractivity contribution in [2.45, 2.75) is 12.8 Å². The smallest absolute Gasteiger partial charge is 0.272 e. The van der Waals surface area contributed by atoms with Gasteiger partial charge in [0.1, 0.15) is 17.1 Å². The van der Waals surface area contributed by atoms with Gasteiger partial charge in [-0.05, 0) is 42.7 Å². The van der Waals surface area contributed by atoms with Crippen LogP contribution >= 0.6 is 22.9 Å². The summed E-state index contributed by atoms with van der Waals surface area (Å²) in [5, 5.41) is 3.96. The molecule has 0 spiro atoms. The maximum absolute atomic E-state index is 12.9. The number of nitrogens with zero attached hydrogens (tertiary/aromatic N) is 2. The van der Waals surface area contributed by atoms with Crippen molar-refractivity contribution in [2.75, 3.05) is 18.2 Å². The van der Waals surface area contributed by atoms with Gasteiger partial charge in [0.05, 0.1) is 18.5 Å². The summed E-state index contributed by atoms with van der Waals surface area (Å²) >= 11 is 7.56. The summed E-state index contributed by atoms with van der Waals surface area (Å²) in [5.74, 6) is 0.323. The van der Waals surface area contributed by atoms with Gasteiger partial charge in [-0.25, -0.2) is 4.98 Å². The third-order valence-corrected chi connectivity index (χ3v) is 5.69. The summed E-state index contributed by atoms with van der Waals surface area (Å²) in [6.07, 6.45) is 1.76. The molecule has 0 saturated carbocycles. The lowest BCUT2D eigenvalue weighted by molar-refractivity contribution is 0.101. The number of nitrogen functional groups attached to an aromatic ring is 1. The first kappa shape index (κ1) is 16.9. The maximum atomic E-state index is 12.9. The van der Waals surface area contributed by atoms with Crippen molar-refractivity contribution in [1.82, 2.24) is 9.55 Å². The average Bonchev–Trinajstić information content (AvgIpc) is 3.14. The number of fused-ring (bicyclic) bond motifs is 3. The molecule has 1 aliphatic rings. The van der Waals surface area contributed by atoms with Crippen molar-refractivity contribution in [3.8, 4) is 17.1 Å². The maximum Gasteiger partial charge on any atom is 0.272 e. The number of carbonyl (C=O) groups is 1. The number of hydrogen-bond acceptors (Lipinski definition) is 5. The van der Waals surface area contributed by atoms with Gasteiger partial charge >= 0.3 is 0 Å². The highest BCUT2D eigenvalue weighted by molar-refractivity contribution is 7.15. The Labute approximate surface area is 159 Å². The van der Waals surface area contributed by atoms with Crippen LogP contribution in [-0.4, -0.2) is 22.6 Å². The average molecular weight is 389 g/mol. The molecule has 3 aromatic rings. The molecule has 2 aromatic heterocycles. The molecule has 0 radical (unpaired) electrons. The highest BCUT2D eigenvalue weighted by Gasteiger charge is 2.27. The molecule has 4 rings (SSSR count). The van der Waals surface area contributed by atoms with Gasteiger partial charge in [-0.3, -0.25) is 4.79 Å². The summed E-state index contributed by atoms with van der Waals surface area (Å²) < 4.78 is 7.17. The molecule has 3 N–H and O–H groups in total. The molecule has 0 bridgehead atoms. The lowest BCUT2D eigenvalue weighted by Crippen LogP contribution is -2.16. The van der Waals surface area contributed by atoms with E-state index in [-0.39, 0.29) is 5.91 Å². The van der Waals surface area contributed by atoms with Crippen molar-refractivity contribution < 1.29 is 9.53 Å². The van der Waals surface area contributed by atoms with Gasteiger partial charge in [-0.1, -0.05) is 11.6 Å². The number of aromatic nitrogens is 2. The molecule has 0 fully saturated rings. The van der Waals surface area contributed by atoms with E-state index in [0.29, 0.717) is 27.3 Å². The molecule has 0 unspecified atom stereocenters. The van der Waals surface area contributed by atoms with E-state index in [1.165, 1.54) is 16.2 Å². The second-order valence-electron chi connectivity index (χ2n) is 6.09. The number of thiazole rings is 1. The Hall–Kier alpha value is -2.51. The first-order valence-corrected chi connectivity index (χ1v) is 9.26. The Bertz CT molecular complexity index is 1020.